The number of hydrogen-bond acceptors (Lipinski definition) is 3. The number of amides is 1. The van der Waals surface area contributed by atoms with Crippen LogP contribution in [0.15, 0.2) is 0 Å². The molecule has 4 heteroatoms. The molecule has 0 saturated carbocycles. The van der Waals surface area contributed by atoms with E-state index in [1.807, 2.05) is 0 Å². The van der Waals surface area contributed by atoms with Gasteiger partial charge in [0.05, 0.1) is 7.11 Å². The number of rotatable bonds is 7. The van der Waals surface area contributed by atoms with Crippen LogP contribution in [0, 0.1) is 0 Å². The minimum Gasteiger partial charge on any atom is -0.453 e. The summed E-state index contributed by atoms with van der Waals surface area (Å²) in [5, 5.41) is 2.58. The van der Waals surface area contributed by atoms with Gasteiger partial charge in [0.1, 0.15) is 0 Å². The molecular weight excluding hydrogens is 170 g/mol. The molecule has 0 atom stereocenters. The highest BCUT2D eigenvalue weighted by atomic mass is 16.5. The first-order valence-corrected chi connectivity index (χ1v) is 4.70. The second-order valence-corrected chi connectivity index (χ2v) is 2.74. The Labute approximate surface area is 79.6 Å². The number of hydrogen-bond donors (Lipinski definition) is 1. The molecule has 0 aliphatic heterocycles. The fraction of sp³-hybridized carbons (Fsp3) is 0.889. The molecule has 4 nitrogen and oxygen atoms in total. The van der Waals surface area contributed by atoms with Gasteiger partial charge in [-0.3, -0.25) is 0 Å². The van der Waals surface area contributed by atoms with E-state index in [9.17, 15) is 4.79 Å². The van der Waals surface area contributed by atoms with E-state index in [2.05, 4.69) is 17.0 Å². The van der Waals surface area contributed by atoms with Crippen LogP contribution in [0.2, 0.25) is 0 Å². The zero-order valence-electron chi connectivity index (χ0n) is 8.47. The molecule has 1 N–H and O–H groups in total. The first-order chi connectivity index (χ1) is 6.31. The smallest absolute Gasteiger partial charge is 0.406 e. The van der Waals surface area contributed by atoms with Crippen molar-refractivity contribution in [2.75, 3.05) is 26.9 Å². The lowest BCUT2D eigenvalue weighted by molar-refractivity contribution is 0.127. The lowest BCUT2D eigenvalue weighted by atomic mass is 10.4. The van der Waals surface area contributed by atoms with Crippen molar-refractivity contribution >= 4 is 6.09 Å². The molecule has 0 bridgehead atoms. The van der Waals surface area contributed by atoms with E-state index in [1.165, 1.54) is 7.11 Å². The highest BCUT2D eigenvalue weighted by molar-refractivity contribution is 5.66. The highest BCUT2D eigenvalue weighted by Gasteiger charge is 1.95. The zero-order valence-corrected chi connectivity index (χ0v) is 8.47. The molecule has 0 aromatic rings. The van der Waals surface area contributed by atoms with Crippen molar-refractivity contribution in [3.05, 3.63) is 0 Å². The molecule has 0 rings (SSSR count). The van der Waals surface area contributed by atoms with Gasteiger partial charge in [-0.05, 0) is 12.8 Å². The second kappa shape index (κ2) is 9.32. The van der Waals surface area contributed by atoms with Crippen LogP contribution < -0.4 is 5.32 Å². The summed E-state index contributed by atoms with van der Waals surface area (Å²) in [6.45, 7) is 4.25. The van der Waals surface area contributed by atoms with Gasteiger partial charge in [-0.15, -0.1) is 0 Å². The summed E-state index contributed by atoms with van der Waals surface area (Å²) in [6, 6.07) is 0. The Kier molecular flexibility index (Phi) is 8.77. The Morgan fingerprint density at radius 3 is 2.62 bits per heavy atom. The number of carbonyl (C=O) groups is 1. The van der Waals surface area contributed by atoms with Gasteiger partial charge in [0.25, 0.3) is 0 Å². The van der Waals surface area contributed by atoms with Crippen molar-refractivity contribution in [2.24, 2.45) is 0 Å². The monoisotopic (exact) mass is 189 g/mol. The van der Waals surface area contributed by atoms with E-state index >= 15 is 0 Å². The summed E-state index contributed by atoms with van der Waals surface area (Å²) in [6.07, 6.45) is 2.71. The molecule has 0 spiro atoms. The standard InChI is InChI=1S/C9H19NO3/c1-3-4-7-13-8-5-6-10-9(11)12-2/h3-8H2,1-2H3,(H,10,11). The average Bonchev–Trinajstić information content (AvgIpc) is 2.16. The van der Waals surface area contributed by atoms with Crippen LogP contribution in [0.25, 0.3) is 0 Å². The topological polar surface area (TPSA) is 47.6 Å². The van der Waals surface area contributed by atoms with E-state index in [4.69, 9.17) is 4.74 Å². The summed E-state index contributed by atoms with van der Waals surface area (Å²) in [7, 11) is 1.35. The lowest BCUT2D eigenvalue weighted by Crippen LogP contribution is -2.24. The van der Waals surface area contributed by atoms with Gasteiger partial charge in [0.2, 0.25) is 0 Å². The molecule has 13 heavy (non-hydrogen) atoms. The number of carbonyl (C=O) groups excluding carboxylic acids is 1. The summed E-state index contributed by atoms with van der Waals surface area (Å²) in [5.74, 6) is 0. The fourth-order valence-corrected chi connectivity index (χ4v) is 0.785. The molecule has 0 aliphatic rings. The van der Waals surface area contributed by atoms with E-state index in [-0.39, 0.29) is 6.09 Å². The van der Waals surface area contributed by atoms with Crippen LogP contribution in [-0.4, -0.2) is 33.0 Å². The number of alkyl carbamates (subject to hydrolysis) is 1. The third-order valence-electron chi connectivity index (χ3n) is 1.56. The van der Waals surface area contributed by atoms with E-state index in [1.54, 1.807) is 0 Å². The van der Waals surface area contributed by atoms with E-state index < -0.39 is 0 Å². The van der Waals surface area contributed by atoms with Gasteiger partial charge in [-0.25, -0.2) is 4.79 Å². The molecule has 0 aromatic carbocycles. The maximum Gasteiger partial charge on any atom is 0.406 e. The largest absolute Gasteiger partial charge is 0.453 e. The molecule has 78 valence electrons. The summed E-state index contributed by atoms with van der Waals surface area (Å²) >= 11 is 0. The zero-order chi connectivity index (χ0) is 9.94. The summed E-state index contributed by atoms with van der Waals surface area (Å²) in [4.78, 5) is 10.6. The molecule has 1 amide bonds. The Bertz CT molecular complexity index is 128. The summed E-state index contributed by atoms with van der Waals surface area (Å²) < 4.78 is 9.70. The maximum atomic E-state index is 10.6. The van der Waals surface area contributed by atoms with Crippen molar-refractivity contribution < 1.29 is 14.3 Å². The van der Waals surface area contributed by atoms with Crippen LogP contribution in [0.3, 0.4) is 0 Å². The first-order valence-electron chi connectivity index (χ1n) is 4.70. The molecule has 0 saturated heterocycles. The Balaban J connectivity index is 2.95. The molecule has 0 aromatic heterocycles. The SMILES string of the molecule is CCCCOCCCNC(=O)OC. The van der Waals surface area contributed by atoms with Crippen molar-refractivity contribution in [3.63, 3.8) is 0 Å². The number of unbranched alkanes of at least 4 members (excludes halogenated alkanes) is 1. The van der Waals surface area contributed by atoms with Gasteiger partial charge < -0.3 is 14.8 Å². The predicted octanol–water partition coefficient (Wildman–Crippen LogP) is 1.55. The van der Waals surface area contributed by atoms with Crippen LogP contribution in [0.1, 0.15) is 26.2 Å². The van der Waals surface area contributed by atoms with E-state index in [0.717, 1.165) is 25.9 Å². The molecular formula is C9H19NO3. The van der Waals surface area contributed by atoms with Crippen LogP contribution in [0.4, 0.5) is 4.79 Å². The Morgan fingerprint density at radius 1 is 1.31 bits per heavy atom. The van der Waals surface area contributed by atoms with Gasteiger partial charge >= 0.3 is 6.09 Å². The van der Waals surface area contributed by atoms with Crippen molar-refractivity contribution in [1.82, 2.24) is 5.32 Å². The van der Waals surface area contributed by atoms with Crippen molar-refractivity contribution in [3.8, 4) is 0 Å². The maximum absolute atomic E-state index is 10.6. The van der Waals surface area contributed by atoms with Gasteiger partial charge in [0.15, 0.2) is 0 Å². The average molecular weight is 189 g/mol. The van der Waals surface area contributed by atoms with Crippen molar-refractivity contribution in [1.29, 1.82) is 0 Å². The third kappa shape index (κ3) is 9.14. The number of nitrogens with one attached hydrogen (secondary N) is 1. The van der Waals surface area contributed by atoms with E-state index in [0.29, 0.717) is 13.2 Å². The lowest BCUT2D eigenvalue weighted by Gasteiger charge is -2.04. The fourth-order valence-electron chi connectivity index (χ4n) is 0.785. The Hall–Kier alpha value is -0.770. The van der Waals surface area contributed by atoms with Crippen LogP contribution in [-0.2, 0) is 9.47 Å². The first kappa shape index (κ1) is 12.2. The normalized spacial score (nSPS) is 9.69. The minimum atomic E-state index is -0.381. The van der Waals surface area contributed by atoms with Gasteiger partial charge in [0, 0.05) is 19.8 Å². The molecule has 0 unspecified atom stereocenters. The second-order valence-electron chi connectivity index (χ2n) is 2.74. The number of ether oxygens (including phenoxy) is 2. The molecule has 0 aliphatic carbocycles. The summed E-state index contributed by atoms with van der Waals surface area (Å²) in [5.41, 5.74) is 0. The third-order valence-corrected chi connectivity index (χ3v) is 1.56. The Morgan fingerprint density at radius 2 is 2.00 bits per heavy atom. The molecule has 0 radical (unpaired) electrons. The molecule has 0 fully saturated rings. The highest BCUT2D eigenvalue weighted by Crippen LogP contribution is 1.89. The minimum absolute atomic E-state index is 0.381. The van der Waals surface area contributed by atoms with Crippen LogP contribution in [0.5, 0.6) is 0 Å². The quantitative estimate of drug-likeness (QED) is 0.618. The van der Waals surface area contributed by atoms with Gasteiger partial charge in [-0.2, -0.15) is 0 Å². The predicted molar refractivity (Wildman–Crippen MR) is 50.8 cm³/mol. The van der Waals surface area contributed by atoms with Crippen LogP contribution >= 0.6 is 0 Å². The van der Waals surface area contributed by atoms with Gasteiger partial charge in [-0.1, -0.05) is 13.3 Å². The number of methoxy groups -OCH3 is 1. The molecule has 0 heterocycles. The van der Waals surface area contributed by atoms with Crippen molar-refractivity contribution in [2.45, 2.75) is 26.2 Å².